The maximum Gasteiger partial charge on any atom is 0.346 e. The van der Waals surface area contributed by atoms with E-state index in [9.17, 15) is 13.2 Å². The highest BCUT2D eigenvalue weighted by Gasteiger charge is 2.28. The maximum absolute atomic E-state index is 12.4. The molecule has 0 unspecified atom stereocenters. The minimum atomic E-state index is -3.77. The summed E-state index contributed by atoms with van der Waals surface area (Å²) < 4.78 is 32.1. The van der Waals surface area contributed by atoms with E-state index in [0.717, 1.165) is 20.8 Å². The van der Waals surface area contributed by atoms with Crippen LogP contribution in [0.2, 0.25) is 0 Å². The molecule has 0 atom stereocenters. The zero-order valence-electron chi connectivity index (χ0n) is 15.5. The van der Waals surface area contributed by atoms with Crippen molar-refractivity contribution in [2.45, 2.75) is 20.8 Å². The molecular formula is C16H23N5O4S. The third kappa shape index (κ3) is 3.96. The van der Waals surface area contributed by atoms with Crippen molar-refractivity contribution >= 4 is 27.7 Å². The van der Waals surface area contributed by atoms with Crippen LogP contribution in [0.5, 0.6) is 5.75 Å². The van der Waals surface area contributed by atoms with E-state index in [1.54, 1.807) is 23.1 Å². The number of benzene rings is 1. The number of nitrogens with zero attached hydrogens (tertiary/aromatic N) is 5. The highest BCUT2D eigenvalue weighted by Crippen LogP contribution is 2.34. The molecule has 2 rings (SSSR count). The first-order valence-electron chi connectivity index (χ1n) is 8.08. The number of amides is 1. The first-order valence-corrected chi connectivity index (χ1v) is 9.93. The van der Waals surface area contributed by atoms with Gasteiger partial charge in [-0.15, -0.1) is 5.10 Å². The van der Waals surface area contributed by atoms with E-state index >= 15 is 0 Å². The van der Waals surface area contributed by atoms with Crippen molar-refractivity contribution in [1.82, 2.24) is 19.7 Å². The van der Waals surface area contributed by atoms with Crippen LogP contribution < -0.4 is 9.04 Å². The molecule has 0 bridgehead atoms. The molecule has 0 aliphatic rings. The highest BCUT2D eigenvalue weighted by molar-refractivity contribution is 7.92. The quantitative estimate of drug-likeness (QED) is 0.759. The molecule has 0 fully saturated rings. The standard InChI is InChI=1S/C16H23N5O4S/c1-6-19(7-2)16(22)20-11-17-15(18-20)21(26(5,23)24)13-10-12(3)8-9-14(13)25-4/h8-11H,6-7H2,1-5H3. The molecular weight excluding hydrogens is 358 g/mol. The van der Waals surface area contributed by atoms with Gasteiger partial charge in [0.25, 0.3) is 5.95 Å². The molecule has 0 aliphatic heterocycles. The Hall–Kier alpha value is -2.62. The number of ether oxygens (including phenoxy) is 1. The number of aromatic nitrogens is 3. The van der Waals surface area contributed by atoms with Gasteiger partial charge >= 0.3 is 6.03 Å². The Morgan fingerprint density at radius 3 is 2.46 bits per heavy atom. The van der Waals surface area contributed by atoms with Crippen LogP contribution in [-0.2, 0) is 10.0 Å². The van der Waals surface area contributed by atoms with Gasteiger partial charge in [-0.1, -0.05) is 6.07 Å². The molecule has 9 nitrogen and oxygen atoms in total. The van der Waals surface area contributed by atoms with Crippen LogP contribution >= 0.6 is 0 Å². The SMILES string of the molecule is CCN(CC)C(=O)n1cnc(N(c2cc(C)ccc2OC)S(C)(=O)=O)n1. The van der Waals surface area contributed by atoms with Crippen molar-refractivity contribution in [3.63, 3.8) is 0 Å². The molecule has 1 amide bonds. The summed E-state index contributed by atoms with van der Waals surface area (Å²) in [6, 6.07) is 4.75. The molecule has 1 aromatic carbocycles. The van der Waals surface area contributed by atoms with E-state index in [4.69, 9.17) is 4.74 Å². The topological polar surface area (TPSA) is 97.6 Å². The third-order valence-electron chi connectivity index (χ3n) is 3.78. The summed E-state index contributed by atoms with van der Waals surface area (Å²) in [5, 5.41) is 4.08. The lowest BCUT2D eigenvalue weighted by Crippen LogP contribution is -2.35. The molecule has 0 saturated heterocycles. The van der Waals surface area contributed by atoms with Crippen LogP contribution in [0, 0.1) is 6.92 Å². The number of hydrogen-bond acceptors (Lipinski definition) is 6. The Balaban J connectivity index is 2.55. The minimum Gasteiger partial charge on any atom is -0.495 e. The Labute approximate surface area is 153 Å². The number of rotatable bonds is 6. The molecule has 1 aromatic heterocycles. The van der Waals surface area contributed by atoms with E-state index < -0.39 is 10.0 Å². The lowest BCUT2D eigenvalue weighted by Gasteiger charge is -2.21. The number of methoxy groups -OCH3 is 1. The lowest BCUT2D eigenvalue weighted by atomic mass is 10.2. The Morgan fingerprint density at radius 1 is 1.27 bits per heavy atom. The van der Waals surface area contributed by atoms with Crippen LogP contribution in [0.4, 0.5) is 16.4 Å². The fourth-order valence-corrected chi connectivity index (χ4v) is 3.35. The second kappa shape index (κ2) is 7.73. The number of hydrogen-bond donors (Lipinski definition) is 0. The predicted octanol–water partition coefficient (Wildman–Crippen LogP) is 2.00. The smallest absolute Gasteiger partial charge is 0.346 e. The van der Waals surface area contributed by atoms with Gasteiger partial charge in [0, 0.05) is 13.1 Å². The maximum atomic E-state index is 12.4. The molecule has 2 aromatic rings. The lowest BCUT2D eigenvalue weighted by molar-refractivity contribution is 0.201. The summed E-state index contributed by atoms with van der Waals surface area (Å²) in [6.07, 6.45) is 2.25. The third-order valence-corrected chi connectivity index (χ3v) is 4.80. The molecule has 1 heterocycles. The number of sulfonamides is 1. The van der Waals surface area contributed by atoms with Crippen LogP contribution in [0.1, 0.15) is 19.4 Å². The summed E-state index contributed by atoms with van der Waals surface area (Å²) in [5.74, 6) is 0.226. The molecule has 10 heteroatoms. The fourth-order valence-electron chi connectivity index (χ4n) is 2.47. The van der Waals surface area contributed by atoms with Crippen LogP contribution in [-0.4, -0.2) is 60.6 Å². The summed E-state index contributed by atoms with van der Waals surface area (Å²) in [6.45, 7) is 6.54. The van der Waals surface area contributed by atoms with Gasteiger partial charge in [-0.2, -0.15) is 9.67 Å². The summed E-state index contributed by atoms with van der Waals surface area (Å²) in [7, 11) is -2.33. The van der Waals surface area contributed by atoms with Crippen molar-refractivity contribution in [3.8, 4) is 5.75 Å². The second-order valence-electron chi connectivity index (χ2n) is 5.65. The minimum absolute atomic E-state index is 0.128. The molecule has 0 saturated carbocycles. The van der Waals surface area contributed by atoms with Crippen LogP contribution in [0.15, 0.2) is 24.5 Å². The highest BCUT2D eigenvalue weighted by atomic mass is 32.2. The Kier molecular flexibility index (Phi) is 5.86. The van der Waals surface area contributed by atoms with Crippen molar-refractivity contribution in [2.24, 2.45) is 0 Å². The molecule has 0 N–H and O–H groups in total. The van der Waals surface area contributed by atoms with E-state index in [1.807, 2.05) is 20.8 Å². The van der Waals surface area contributed by atoms with E-state index in [2.05, 4.69) is 10.1 Å². The van der Waals surface area contributed by atoms with Gasteiger partial charge in [0.2, 0.25) is 10.0 Å². The summed E-state index contributed by atoms with van der Waals surface area (Å²) >= 11 is 0. The average molecular weight is 381 g/mol. The summed E-state index contributed by atoms with van der Waals surface area (Å²) in [4.78, 5) is 18.0. The van der Waals surface area contributed by atoms with E-state index in [0.29, 0.717) is 18.8 Å². The van der Waals surface area contributed by atoms with Crippen LogP contribution in [0.25, 0.3) is 0 Å². The number of carbonyl (C=O) groups excluding carboxylic acids is 1. The van der Waals surface area contributed by atoms with Gasteiger partial charge in [0.1, 0.15) is 17.8 Å². The predicted molar refractivity (Wildman–Crippen MR) is 98.5 cm³/mol. The Morgan fingerprint density at radius 2 is 1.92 bits per heavy atom. The van der Waals surface area contributed by atoms with Crippen LogP contribution in [0.3, 0.4) is 0 Å². The van der Waals surface area contributed by atoms with E-state index in [-0.39, 0.29) is 17.7 Å². The van der Waals surface area contributed by atoms with Crippen molar-refractivity contribution in [1.29, 1.82) is 0 Å². The normalized spacial score (nSPS) is 11.3. The monoisotopic (exact) mass is 381 g/mol. The van der Waals surface area contributed by atoms with Gasteiger partial charge in [-0.05, 0) is 38.5 Å². The van der Waals surface area contributed by atoms with Crippen molar-refractivity contribution < 1.29 is 17.9 Å². The molecule has 26 heavy (non-hydrogen) atoms. The molecule has 0 spiro atoms. The van der Waals surface area contributed by atoms with Gasteiger partial charge in [0.15, 0.2) is 0 Å². The number of anilines is 2. The average Bonchev–Trinajstić information content (AvgIpc) is 3.04. The fraction of sp³-hybridized carbons (Fsp3) is 0.438. The van der Waals surface area contributed by atoms with Gasteiger partial charge in [-0.25, -0.2) is 17.5 Å². The zero-order chi connectivity index (χ0) is 19.5. The first-order chi connectivity index (χ1) is 12.2. The Bertz CT molecular complexity index is 890. The largest absolute Gasteiger partial charge is 0.495 e. The zero-order valence-corrected chi connectivity index (χ0v) is 16.3. The van der Waals surface area contributed by atoms with E-state index in [1.165, 1.54) is 13.4 Å². The van der Waals surface area contributed by atoms with Gasteiger partial charge < -0.3 is 9.64 Å². The van der Waals surface area contributed by atoms with Crippen molar-refractivity contribution in [3.05, 3.63) is 30.1 Å². The summed E-state index contributed by atoms with van der Waals surface area (Å²) in [5.41, 5.74) is 1.12. The molecule has 0 radical (unpaired) electrons. The number of aryl methyl sites for hydroxylation is 1. The van der Waals surface area contributed by atoms with Crippen molar-refractivity contribution in [2.75, 3.05) is 30.8 Å². The number of carbonyl (C=O) groups is 1. The second-order valence-corrected chi connectivity index (χ2v) is 7.48. The first kappa shape index (κ1) is 19.7. The van der Waals surface area contributed by atoms with Gasteiger partial charge in [-0.3, -0.25) is 0 Å². The molecule has 0 aliphatic carbocycles. The van der Waals surface area contributed by atoms with Gasteiger partial charge in [0.05, 0.1) is 13.4 Å². The molecule has 142 valence electrons.